The third-order valence-corrected chi connectivity index (χ3v) is 5.01. The lowest BCUT2D eigenvalue weighted by molar-refractivity contribution is 0.187. The summed E-state index contributed by atoms with van der Waals surface area (Å²) in [5, 5.41) is 17.9. The van der Waals surface area contributed by atoms with Crippen LogP contribution in [0.3, 0.4) is 0 Å². The number of nitrogens with zero attached hydrogens (tertiary/aromatic N) is 2. The van der Waals surface area contributed by atoms with Crippen LogP contribution in [0.4, 0.5) is 0 Å². The largest absolute Gasteiger partial charge is 0.386 e. The van der Waals surface area contributed by atoms with E-state index in [-0.39, 0.29) is 0 Å². The summed E-state index contributed by atoms with van der Waals surface area (Å²) in [6, 6.07) is 7.90. The fraction of sp³-hybridized carbons (Fsp3) is 0.474. The number of benzene rings is 1. The van der Waals surface area contributed by atoms with E-state index in [2.05, 4.69) is 27.5 Å². The molecule has 6 heteroatoms. The van der Waals surface area contributed by atoms with E-state index in [1.165, 1.54) is 10.4 Å². The van der Waals surface area contributed by atoms with Gasteiger partial charge >= 0.3 is 0 Å². The second kappa shape index (κ2) is 10.2. The monoisotopic (exact) mass is 360 g/mol. The predicted octanol–water partition coefficient (Wildman–Crippen LogP) is 2.85. The maximum absolute atomic E-state index is 10.3. The van der Waals surface area contributed by atoms with Crippen molar-refractivity contribution in [3.8, 4) is 0 Å². The van der Waals surface area contributed by atoms with Crippen LogP contribution >= 0.6 is 11.3 Å². The molecule has 0 amide bonds. The van der Waals surface area contributed by atoms with Gasteiger partial charge in [0.2, 0.25) is 0 Å². The second-order valence-electron chi connectivity index (χ2n) is 5.90. The maximum atomic E-state index is 10.3. The van der Waals surface area contributed by atoms with E-state index in [0.717, 1.165) is 42.5 Å². The van der Waals surface area contributed by atoms with Crippen LogP contribution in [-0.2, 0) is 12.8 Å². The molecule has 0 aliphatic heterocycles. The van der Waals surface area contributed by atoms with E-state index in [4.69, 9.17) is 0 Å². The molecule has 5 nitrogen and oxygen atoms in total. The lowest BCUT2D eigenvalue weighted by Crippen LogP contribution is -2.38. The Labute approximate surface area is 154 Å². The molecular formula is C19H28N4OS. The molecule has 1 aromatic heterocycles. The number of aromatic nitrogens is 1. The van der Waals surface area contributed by atoms with E-state index in [1.807, 2.05) is 44.3 Å². The molecule has 0 radical (unpaired) electrons. The fourth-order valence-electron chi connectivity index (χ4n) is 2.33. The van der Waals surface area contributed by atoms with E-state index >= 15 is 0 Å². The molecule has 1 aromatic carbocycles. The number of rotatable bonds is 8. The number of guanidine groups is 1. The number of hydrogen-bond acceptors (Lipinski definition) is 4. The normalized spacial score (nSPS) is 12.9. The quantitative estimate of drug-likeness (QED) is 0.500. The van der Waals surface area contributed by atoms with Crippen LogP contribution in [0.5, 0.6) is 0 Å². The molecule has 1 atom stereocenters. The smallest absolute Gasteiger partial charge is 0.191 e. The lowest BCUT2D eigenvalue weighted by atomic mass is 10.1. The van der Waals surface area contributed by atoms with Crippen LogP contribution in [-0.4, -0.2) is 35.7 Å². The van der Waals surface area contributed by atoms with Gasteiger partial charge in [-0.1, -0.05) is 36.8 Å². The number of aliphatic hydroxyl groups excluding tert-OH is 1. The molecule has 2 rings (SSSR count). The number of hydrogen-bond donors (Lipinski definition) is 3. The number of thiazole rings is 1. The van der Waals surface area contributed by atoms with Gasteiger partial charge in [0.25, 0.3) is 0 Å². The van der Waals surface area contributed by atoms with E-state index in [0.29, 0.717) is 6.54 Å². The first-order valence-electron chi connectivity index (χ1n) is 8.82. The molecule has 0 saturated carbocycles. The first kappa shape index (κ1) is 19.4. The molecule has 1 unspecified atom stereocenters. The van der Waals surface area contributed by atoms with E-state index < -0.39 is 6.10 Å². The number of aliphatic hydroxyl groups is 1. The summed E-state index contributed by atoms with van der Waals surface area (Å²) in [6.45, 7) is 8.09. The summed E-state index contributed by atoms with van der Waals surface area (Å²) in [6.07, 6.45) is 3.26. The highest BCUT2D eigenvalue weighted by atomic mass is 32.1. The number of nitrogens with one attached hydrogen (secondary N) is 2. The molecule has 0 spiro atoms. The molecule has 25 heavy (non-hydrogen) atoms. The van der Waals surface area contributed by atoms with Crippen molar-refractivity contribution in [2.75, 3.05) is 19.6 Å². The van der Waals surface area contributed by atoms with Gasteiger partial charge in [-0.25, -0.2) is 4.98 Å². The van der Waals surface area contributed by atoms with Crippen molar-refractivity contribution in [1.29, 1.82) is 0 Å². The summed E-state index contributed by atoms with van der Waals surface area (Å²) in [7, 11) is 0. The van der Waals surface area contributed by atoms with Crippen molar-refractivity contribution in [3.05, 3.63) is 51.5 Å². The first-order valence-corrected chi connectivity index (χ1v) is 9.64. The van der Waals surface area contributed by atoms with Gasteiger partial charge in [-0.05, 0) is 25.8 Å². The van der Waals surface area contributed by atoms with Crippen LogP contribution in [0.15, 0.2) is 35.5 Å². The Kier molecular flexibility index (Phi) is 7.88. The van der Waals surface area contributed by atoms with Crippen LogP contribution in [0, 0.1) is 6.92 Å². The lowest BCUT2D eigenvalue weighted by Gasteiger charge is -2.13. The molecule has 0 bridgehead atoms. The Balaban J connectivity index is 1.85. The van der Waals surface area contributed by atoms with E-state index in [1.54, 1.807) is 11.3 Å². The summed E-state index contributed by atoms with van der Waals surface area (Å²) in [5.41, 5.74) is 2.07. The minimum atomic E-state index is -0.595. The van der Waals surface area contributed by atoms with Crippen molar-refractivity contribution >= 4 is 17.3 Å². The SMILES string of the molecule is CCNC(=NCC(O)c1ccc(C)cc1)NCCc1ncc(CC)s1. The first-order chi connectivity index (χ1) is 12.1. The zero-order chi connectivity index (χ0) is 18.1. The molecule has 1 heterocycles. The van der Waals surface area contributed by atoms with Crippen LogP contribution in [0.2, 0.25) is 0 Å². The zero-order valence-corrected chi connectivity index (χ0v) is 16.1. The summed E-state index contributed by atoms with van der Waals surface area (Å²) in [5.74, 6) is 0.723. The standard InChI is InChI=1S/C19H28N4OS/c1-4-16-12-22-18(25-16)10-11-21-19(20-5-2)23-13-17(24)15-8-6-14(3)7-9-15/h6-9,12,17,24H,4-5,10-11,13H2,1-3H3,(H2,20,21,23). The van der Waals surface area contributed by atoms with Crippen molar-refractivity contribution in [3.63, 3.8) is 0 Å². The Morgan fingerprint density at radius 1 is 1.24 bits per heavy atom. The van der Waals surface area contributed by atoms with Crippen LogP contribution < -0.4 is 10.6 Å². The van der Waals surface area contributed by atoms with Gasteiger partial charge in [-0.3, -0.25) is 4.99 Å². The van der Waals surface area contributed by atoms with Gasteiger partial charge in [0.05, 0.1) is 17.7 Å². The topological polar surface area (TPSA) is 69.5 Å². The van der Waals surface area contributed by atoms with Crippen LogP contribution in [0.1, 0.15) is 41.0 Å². The molecule has 2 aromatic rings. The maximum Gasteiger partial charge on any atom is 0.191 e. The minimum Gasteiger partial charge on any atom is -0.386 e. The van der Waals surface area contributed by atoms with Gasteiger partial charge in [-0.2, -0.15) is 0 Å². The van der Waals surface area contributed by atoms with Crippen molar-refractivity contribution in [2.24, 2.45) is 4.99 Å². The van der Waals surface area contributed by atoms with Gasteiger partial charge in [0.15, 0.2) is 5.96 Å². The summed E-state index contributed by atoms with van der Waals surface area (Å²) >= 11 is 1.76. The highest BCUT2D eigenvalue weighted by Gasteiger charge is 2.07. The Morgan fingerprint density at radius 3 is 2.64 bits per heavy atom. The third-order valence-electron chi connectivity index (χ3n) is 3.81. The molecule has 0 aliphatic rings. The van der Waals surface area contributed by atoms with Gasteiger partial charge in [0, 0.05) is 30.6 Å². The second-order valence-corrected chi connectivity index (χ2v) is 7.10. The Hall–Kier alpha value is -1.92. The molecule has 136 valence electrons. The van der Waals surface area contributed by atoms with Crippen molar-refractivity contribution in [1.82, 2.24) is 15.6 Å². The molecular weight excluding hydrogens is 332 g/mol. The minimum absolute atomic E-state index is 0.329. The third kappa shape index (κ3) is 6.48. The molecule has 0 aliphatic carbocycles. The predicted molar refractivity (Wildman–Crippen MR) is 105 cm³/mol. The fourth-order valence-corrected chi connectivity index (χ4v) is 3.19. The highest BCUT2D eigenvalue weighted by molar-refractivity contribution is 7.11. The van der Waals surface area contributed by atoms with Gasteiger partial charge < -0.3 is 15.7 Å². The van der Waals surface area contributed by atoms with Gasteiger partial charge in [0.1, 0.15) is 0 Å². The Bertz CT molecular complexity index is 666. The summed E-state index contributed by atoms with van der Waals surface area (Å²) in [4.78, 5) is 10.2. The summed E-state index contributed by atoms with van der Waals surface area (Å²) < 4.78 is 0. The van der Waals surface area contributed by atoms with E-state index in [9.17, 15) is 5.11 Å². The van der Waals surface area contributed by atoms with Crippen molar-refractivity contribution in [2.45, 2.75) is 39.7 Å². The number of aliphatic imine (C=N–C) groups is 1. The van der Waals surface area contributed by atoms with Crippen LogP contribution in [0.25, 0.3) is 0 Å². The molecule has 3 N–H and O–H groups in total. The molecule has 0 fully saturated rings. The Morgan fingerprint density at radius 2 is 2.00 bits per heavy atom. The van der Waals surface area contributed by atoms with Gasteiger partial charge in [-0.15, -0.1) is 11.3 Å². The molecule has 0 saturated heterocycles. The average molecular weight is 361 g/mol. The van der Waals surface area contributed by atoms with Crippen molar-refractivity contribution < 1.29 is 5.11 Å². The average Bonchev–Trinajstić information content (AvgIpc) is 3.08. The highest BCUT2D eigenvalue weighted by Crippen LogP contribution is 2.14. The zero-order valence-electron chi connectivity index (χ0n) is 15.2. The number of aryl methyl sites for hydroxylation is 2.